The molecule has 104 valence electrons. The van der Waals surface area contributed by atoms with E-state index in [0.717, 1.165) is 17.7 Å². The number of hydrogen-bond acceptors (Lipinski definition) is 2. The summed E-state index contributed by atoms with van der Waals surface area (Å²) in [6, 6.07) is 7.11. The van der Waals surface area contributed by atoms with Gasteiger partial charge in [0.1, 0.15) is 17.4 Å². The minimum Gasteiger partial charge on any atom is -0.497 e. The molecule has 0 amide bonds. The van der Waals surface area contributed by atoms with Crippen molar-refractivity contribution in [3.05, 3.63) is 64.2 Å². The number of hydrogen-bond donors (Lipinski definition) is 0. The molecule has 0 unspecified atom stereocenters. The fourth-order valence-electron chi connectivity index (χ4n) is 2.09. The molecule has 4 heteroatoms. The summed E-state index contributed by atoms with van der Waals surface area (Å²) in [5.74, 6) is -2.48. The number of carbonyl (C=O) groups is 1. The molecular weight excluding hydrogens is 262 g/mol. The van der Waals surface area contributed by atoms with E-state index in [1.54, 1.807) is 25.1 Å². The van der Waals surface area contributed by atoms with Gasteiger partial charge in [-0.3, -0.25) is 4.79 Å². The van der Waals surface area contributed by atoms with Crippen LogP contribution < -0.4 is 4.74 Å². The van der Waals surface area contributed by atoms with E-state index in [1.807, 2.05) is 6.92 Å². The normalized spacial score (nSPS) is 10.4. The highest BCUT2D eigenvalue weighted by atomic mass is 19.1. The van der Waals surface area contributed by atoms with Crippen LogP contribution in [0.2, 0.25) is 0 Å². The van der Waals surface area contributed by atoms with Gasteiger partial charge in [-0.2, -0.15) is 0 Å². The highest BCUT2D eigenvalue weighted by Gasteiger charge is 2.21. The van der Waals surface area contributed by atoms with Crippen molar-refractivity contribution in [3.63, 3.8) is 0 Å². The van der Waals surface area contributed by atoms with Crippen molar-refractivity contribution in [2.45, 2.75) is 13.8 Å². The molecule has 2 nitrogen and oxygen atoms in total. The van der Waals surface area contributed by atoms with Crippen molar-refractivity contribution in [2.24, 2.45) is 0 Å². The average Bonchev–Trinajstić information content (AvgIpc) is 2.37. The van der Waals surface area contributed by atoms with Gasteiger partial charge in [0, 0.05) is 17.7 Å². The number of halogens is 2. The van der Waals surface area contributed by atoms with E-state index in [2.05, 4.69) is 0 Å². The van der Waals surface area contributed by atoms with E-state index >= 15 is 0 Å². The molecule has 20 heavy (non-hydrogen) atoms. The average molecular weight is 276 g/mol. The van der Waals surface area contributed by atoms with Crippen LogP contribution in [-0.2, 0) is 0 Å². The zero-order valence-electron chi connectivity index (χ0n) is 11.5. The van der Waals surface area contributed by atoms with Gasteiger partial charge >= 0.3 is 0 Å². The number of rotatable bonds is 3. The maximum atomic E-state index is 13.9. The van der Waals surface area contributed by atoms with Crippen molar-refractivity contribution < 1.29 is 18.3 Å². The van der Waals surface area contributed by atoms with Crippen LogP contribution in [0, 0.1) is 25.5 Å². The van der Waals surface area contributed by atoms with E-state index in [4.69, 9.17) is 4.74 Å². The van der Waals surface area contributed by atoms with Crippen LogP contribution in [0.5, 0.6) is 5.75 Å². The summed E-state index contributed by atoms with van der Waals surface area (Å²) >= 11 is 0. The molecule has 0 fully saturated rings. The molecule has 0 aliphatic carbocycles. The second kappa shape index (κ2) is 5.41. The Hall–Kier alpha value is -2.23. The molecule has 0 atom stereocenters. The van der Waals surface area contributed by atoms with Crippen LogP contribution in [0.1, 0.15) is 27.0 Å². The third-order valence-electron chi connectivity index (χ3n) is 3.10. The molecule has 0 aromatic heterocycles. The molecule has 0 saturated heterocycles. The van der Waals surface area contributed by atoms with Crippen molar-refractivity contribution in [3.8, 4) is 5.75 Å². The summed E-state index contributed by atoms with van der Waals surface area (Å²) < 4.78 is 32.6. The van der Waals surface area contributed by atoms with E-state index in [9.17, 15) is 13.6 Å². The molecule has 2 rings (SSSR count). The number of benzene rings is 2. The zero-order chi connectivity index (χ0) is 14.9. The molecule has 0 saturated carbocycles. The molecule has 0 aliphatic rings. The first-order valence-corrected chi connectivity index (χ1v) is 6.09. The van der Waals surface area contributed by atoms with Gasteiger partial charge < -0.3 is 4.74 Å². The second-order valence-electron chi connectivity index (χ2n) is 4.61. The van der Waals surface area contributed by atoms with E-state index in [1.165, 1.54) is 7.11 Å². The lowest BCUT2D eigenvalue weighted by Gasteiger charge is -2.09. The van der Waals surface area contributed by atoms with Crippen molar-refractivity contribution >= 4 is 5.78 Å². The first kappa shape index (κ1) is 14.2. The molecule has 0 heterocycles. The Bertz CT molecular complexity index is 655. The topological polar surface area (TPSA) is 26.3 Å². The predicted octanol–water partition coefficient (Wildman–Crippen LogP) is 3.82. The largest absolute Gasteiger partial charge is 0.497 e. The van der Waals surface area contributed by atoms with E-state index < -0.39 is 23.0 Å². The smallest absolute Gasteiger partial charge is 0.199 e. The van der Waals surface area contributed by atoms with Gasteiger partial charge in [0.25, 0.3) is 0 Å². The summed E-state index contributed by atoms with van der Waals surface area (Å²) in [6.45, 7) is 3.62. The maximum absolute atomic E-state index is 13.9. The van der Waals surface area contributed by atoms with Crippen LogP contribution in [0.15, 0.2) is 30.3 Å². The number of ketones is 1. The fraction of sp³-hybridized carbons (Fsp3) is 0.188. The van der Waals surface area contributed by atoms with E-state index in [0.29, 0.717) is 11.1 Å². The monoisotopic (exact) mass is 276 g/mol. The molecule has 0 radical (unpaired) electrons. The van der Waals surface area contributed by atoms with Crippen LogP contribution in [0.4, 0.5) is 8.78 Å². The number of ether oxygens (including phenoxy) is 1. The lowest BCUT2D eigenvalue weighted by Crippen LogP contribution is -2.09. The Morgan fingerprint density at radius 2 is 1.65 bits per heavy atom. The van der Waals surface area contributed by atoms with Gasteiger partial charge in [0.15, 0.2) is 5.78 Å². The molecule has 0 bridgehead atoms. The van der Waals surface area contributed by atoms with Gasteiger partial charge in [0.05, 0.1) is 12.7 Å². The minimum absolute atomic E-state index is 0.0391. The molecule has 2 aromatic carbocycles. The van der Waals surface area contributed by atoms with Gasteiger partial charge in [-0.15, -0.1) is 0 Å². The summed E-state index contributed by atoms with van der Waals surface area (Å²) in [5.41, 5.74) is 1.40. The van der Waals surface area contributed by atoms with Crippen molar-refractivity contribution in [1.29, 1.82) is 0 Å². The van der Waals surface area contributed by atoms with Gasteiger partial charge in [-0.05, 0) is 19.4 Å². The standard InChI is InChI=1S/C16H14F2O2/c1-9-4-5-12(10(2)6-9)16(19)15-13(17)7-11(20-3)8-14(15)18/h4-8H,1-3H3. The highest BCUT2D eigenvalue weighted by Crippen LogP contribution is 2.24. The summed E-state index contributed by atoms with van der Waals surface area (Å²) in [4.78, 5) is 12.3. The Morgan fingerprint density at radius 3 is 2.15 bits per heavy atom. The molecular formula is C16H14F2O2. The van der Waals surface area contributed by atoms with Gasteiger partial charge in [0.2, 0.25) is 0 Å². The Labute approximate surface area is 116 Å². The summed E-state index contributed by atoms with van der Waals surface area (Å²) in [5, 5.41) is 0. The van der Waals surface area contributed by atoms with Crippen LogP contribution in [0.3, 0.4) is 0 Å². The maximum Gasteiger partial charge on any atom is 0.199 e. The van der Waals surface area contributed by atoms with Crippen LogP contribution in [0.25, 0.3) is 0 Å². The molecule has 2 aromatic rings. The SMILES string of the molecule is COc1cc(F)c(C(=O)c2ccc(C)cc2C)c(F)c1. The van der Waals surface area contributed by atoms with E-state index in [-0.39, 0.29) is 5.75 Å². The quantitative estimate of drug-likeness (QED) is 0.797. The Kier molecular flexibility index (Phi) is 3.84. The van der Waals surface area contributed by atoms with Gasteiger partial charge in [-0.25, -0.2) is 8.78 Å². The lowest BCUT2D eigenvalue weighted by molar-refractivity contribution is 0.103. The Balaban J connectivity index is 2.54. The third-order valence-corrected chi connectivity index (χ3v) is 3.10. The first-order valence-electron chi connectivity index (χ1n) is 6.09. The lowest BCUT2D eigenvalue weighted by atomic mass is 9.97. The molecule has 0 aliphatic heterocycles. The summed E-state index contributed by atoms with van der Waals surface area (Å²) in [7, 11) is 1.31. The number of carbonyl (C=O) groups excluding carboxylic acids is 1. The second-order valence-corrected chi connectivity index (χ2v) is 4.61. The zero-order valence-corrected chi connectivity index (χ0v) is 11.5. The highest BCUT2D eigenvalue weighted by molar-refractivity contribution is 6.10. The minimum atomic E-state index is -0.924. The van der Waals surface area contributed by atoms with Crippen molar-refractivity contribution in [1.82, 2.24) is 0 Å². The third kappa shape index (κ3) is 2.54. The summed E-state index contributed by atoms with van der Waals surface area (Å²) in [6.07, 6.45) is 0. The molecule has 0 N–H and O–H groups in total. The predicted molar refractivity (Wildman–Crippen MR) is 72.3 cm³/mol. The fourth-order valence-corrected chi connectivity index (χ4v) is 2.09. The molecule has 0 spiro atoms. The van der Waals surface area contributed by atoms with Crippen LogP contribution >= 0.6 is 0 Å². The van der Waals surface area contributed by atoms with Crippen LogP contribution in [-0.4, -0.2) is 12.9 Å². The van der Waals surface area contributed by atoms with Gasteiger partial charge in [-0.1, -0.05) is 23.8 Å². The number of methoxy groups -OCH3 is 1. The van der Waals surface area contributed by atoms with Crippen molar-refractivity contribution in [2.75, 3.05) is 7.11 Å². The Morgan fingerprint density at radius 1 is 1.05 bits per heavy atom. The first-order chi connectivity index (χ1) is 9.43. The number of aryl methyl sites for hydroxylation is 2.